The number of aromatic nitrogens is 6. The number of carbonyl (C=O) groups is 8. The van der Waals surface area contributed by atoms with Crippen LogP contribution in [-0.4, -0.2) is 146 Å². The summed E-state index contributed by atoms with van der Waals surface area (Å²) in [7, 11) is 0. The van der Waals surface area contributed by atoms with Gasteiger partial charge in [0.25, 0.3) is 0 Å². The Morgan fingerprint density at radius 2 is 0.966 bits per heavy atom. The van der Waals surface area contributed by atoms with E-state index < -0.39 is 122 Å². The number of hydrogen-bond donors (Lipinski definition) is 0. The molecule has 2 aliphatic heterocycles. The first kappa shape index (κ1) is 45.6. The van der Waals surface area contributed by atoms with Crippen molar-refractivity contribution in [1.82, 2.24) is 30.0 Å². The highest BCUT2D eigenvalue weighted by Crippen LogP contribution is 2.35. The fourth-order valence-electron chi connectivity index (χ4n) is 6.07. The molecule has 59 heavy (non-hydrogen) atoms. The lowest BCUT2D eigenvalue weighted by atomic mass is 9.97. The van der Waals surface area contributed by atoms with Gasteiger partial charge in [0.1, 0.15) is 36.8 Å². The van der Waals surface area contributed by atoms with Crippen molar-refractivity contribution in [2.75, 3.05) is 13.2 Å². The number of hydrogen-bond acceptors (Lipinski definition) is 23. The molecule has 0 radical (unpaired) electrons. The van der Waals surface area contributed by atoms with Gasteiger partial charge in [0.05, 0.1) is 25.5 Å². The summed E-state index contributed by atoms with van der Waals surface area (Å²) in [5.74, 6) is -6.19. The Morgan fingerprint density at radius 1 is 0.525 bits per heavy atom. The minimum atomic E-state index is -1.47. The Hall–Kier alpha value is -6.08. The van der Waals surface area contributed by atoms with Crippen molar-refractivity contribution >= 4 is 47.8 Å². The van der Waals surface area contributed by atoms with Gasteiger partial charge in [0.15, 0.2) is 49.1 Å². The van der Waals surface area contributed by atoms with Crippen molar-refractivity contribution < 1.29 is 90.5 Å². The quantitative estimate of drug-likeness (QED) is 0.141. The van der Waals surface area contributed by atoms with Gasteiger partial charge < -0.3 is 52.1 Å². The summed E-state index contributed by atoms with van der Waals surface area (Å²) in [6, 6.07) is 0. The second-order valence-electron chi connectivity index (χ2n) is 13.1. The molecule has 0 unspecified atom stereocenters. The number of nitrogens with zero attached hydrogens (tertiary/aromatic N) is 6. The van der Waals surface area contributed by atoms with Crippen molar-refractivity contribution in [2.24, 2.45) is 0 Å². The first-order valence-corrected chi connectivity index (χ1v) is 17.8. The topological polar surface area (TPSA) is 300 Å². The molecule has 0 amide bonds. The largest absolute Gasteiger partial charge is 0.463 e. The number of esters is 8. The SMILES string of the molecule is CC(=O)OC[C@H]1O[C@H](OCc2cn(Cc3cn([C@H]4O[C@H](COC(C)=O)[C@@H](OC(C)=O)[C@H](OC(C)=O)[C@@H]4OC(C)=O)nn3)nn2)[C@@H](OC(C)=O)[C@@H](OC(C)=O)[C@@H]1OC(C)=O. The summed E-state index contributed by atoms with van der Waals surface area (Å²) >= 11 is 0. The summed E-state index contributed by atoms with van der Waals surface area (Å²) in [5, 5.41) is 16.4. The Morgan fingerprint density at radius 3 is 1.47 bits per heavy atom. The molecule has 0 N–H and O–H groups in total. The fourth-order valence-corrected chi connectivity index (χ4v) is 6.07. The number of carbonyl (C=O) groups excluding carboxylic acids is 8. The van der Waals surface area contributed by atoms with Crippen molar-refractivity contribution in [2.45, 2.75) is 130 Å². The lowest BCUT2D eigenvalue weighted by Gasteiger charge is -2.44. The van der Waals surface area contributed by atoms with E-state index in [1.807, 2.05) is 0 Å². The molecular formula is C34H44N6O19. The molecular weight excluding hydrogens is 796 g/mol. The van der Waals surface area contributed by atoms with Crippen LogP contribution in [0, 0.1) is 0 Å². The van der Waals surface area contributed by atoms with Crippen molar-refractivity contribution in [1.29, 1.82) is 0 Å². The third-order valence-corrected chi connectivity index (χ3v) is 8.04. The van der Waals surface area contributed by atoms with Gasteiger partial charge in [-0.3, -0.25) is 38.4 Å². The monoisotopic (exact) mass is 840 g/mol. The van der Waals surface area contributed by atoms with Gasteiger partial charge in [-0.1, -0.05) is 10.4 Å². The smallest absolute Gasteiger partial charge is 0.303 e. The molecule has 2 aromatic heterocycles. The van der Waals surface area contributed by atoms with Crippen LogP contribution in [0.5, 0.6) is 0 Å². The molecule has 10 atom stereocenters. The van der Waals surface area contributed by atoms with E-state index in [9.17, 15) is 38.4 Å². The molecule has 0 aromatic carbocycles. The highest BCUT2D eigenvalue weighted by Gasteiger charge is 2.54. The highest BCUT2D eigenvalue weighted by molar-refractivity contribution is 5.70. The minimum absolute atomic E-state index is 0.0582. The Bertz CT molecular complexity index is 1860. The molecule has 0 saturated carbocycles. The number of ether oxygens (including phenoxy) is 11. The Labute approximate surface area is 335 Å². The van der Waals surface area contributed by atoms with Gasteiger partial charge in [0, 0.05) is 55.4 Å². The molecule has 2 fully saturated rings. The van der Waals surface area contributed by atoms with Crippen LogP contribution in [0.15, 0.2) is 12.4 Å². The van der Waals surface area contributed by atoms with Crippen LogP contribution >= 0.6 is 0 Å². The third-order valence-electron chi connectivity index (χ3n) is 8.04. The molecule has 2 aliphatic rings. The van der Waals surface area contributed by atoms with E-state index in [0.717, 1.165) is 60.1 Å². The normalized spacial score (nSPS) is 26.4. The van der Waals surface area contributed by atoms with E-state index in [1.54, 1.807) is 0 Å². The standard InChI is InChI=1S/C34H44N6O19/c1-15(41)49-13-25-27(52-17(3)43)29(54-19(5)45)31(56-21(7)47)33(58-25)40-11-23(35-38-40)9-39-10-24(36-37-39)12-51-34-32(57-22(8)48)30(55-20(6)46)28(53-18(4)44)26(59-34)14-50-16(2)42/h10-11,25-34H,9,12-14H2,1-8H3/t25-,26-,27-,28-,29+,30+,31+,32+,33+,34+/m1/s1. The molecule has 25 heteroatoms. The fraction of sp³-hybridized carbons (Fsp3) is 0.647. The van der Waals surface area contributed by atoms with Crippen LogP contribution < -0.4 is 0 Å². The molecule has 25 nitrogen and oxygen atoms in total. The summed E-state index contributed by atoms with van der Waals surface area (Å²) in [6.45, 7) is 7.56. The van der Waals surface area contributed by atoms with E-state index in [0.29, 0.717) is 0 Å². The molecule has 4 heterocycles. The predicted octanol–water partition coefficient (Wildman–Crippen LogP) is -1.23. The van der Waals surface area contributed by atoms with E-state index in [4.69, 9.17) is 52.1 Å². The van der Waals surface area contributed by atoms with Crippen LogP contribution in [0.4, 0.5) is 0 Å². The van der Waals surface area contributed by atoms with E-state index >= 15 is 0 Å². The average Bonchev–Trinajstić information content (AvgIpc) is 3.78. The highest BCUT2D eigenvalue weighted by atomic mass is 16.7. The van der Waals surface area contributed by atoms with E-state index in [2.05, 4.69) is 20.6 Å². The van der Waals surface area contributed by atoms with Gasteiger partial charge in [-0.25, -0.2) is 9.36 Å². The minimum Gasteiger partial charge on any atom is -0.463 e. The molecule has 2 aromatic rings. The van der Waals surface area contributed by atoms with E-state index in [-0.39, 0.29) is 24.5 Å². The van der Waals surface area contributed by atoms with Gasteiger partial charge in [0.2, 0.25) is 0 Å². The lowest BCUT2D eigenvalue weighted by Crippen LogP contribution is -2.62. The lowest BCUT2D eigenvalue weighted by molar-refractivity contribution is -0.310. The van der Waals surface area contributed by atoms with Gasteiger partial charge in [-0.05, 0) is 0 Å². The zero-order chi connectivity index (χ0) is 43.6. The summed E-state index contributed by atoms with van der Waals surface area (Å²) < 4.78 is 63.2. The Kier molecular flexibility index (Phi) is 15.9. The van der Waals surface area contributed by atoms with Crippen molar-refractivity contribution in [3.05, 3.63) is 23.8 Å². The van der Waals surface area contributed by atoms with Crippen molar-refractivity contribution in [3.8, 4) is 0 Å². The maximum atomic E-state index is 12.2. The van der Waals surface area contributed by atoms with Crippen LogP contribution in [0.25, 0.3) is 0 Å². The molecule has 2 saturated heterocycles. The zero-order valence-electron chi connectivity index (χ0n) is 33.2. The first-order chi connectivity index (χ1) is 27.8. The second kappa shape index (κ2) is 20.6. The molecule has 0 bridgehead atoms. The third kappa shape index (κ3) is 13.2. The molecule has 324 valence electrons. The van der Waals surface area contributed by atoms with Gasteiger partial charge in [-0.15, -0.1) is 10.2 Å². The summed E-state index contributed by atoms with van der Waals surface area (Å²) in [4.78, 5) is 96.1. The molecule has 4 rings (SSSR count). The van der Waals surface area contributed by atoms with Crippen LogP contribution in [0.3, 0.4) is 0 Å². The van der Waals surface area contributed by atoms with Gasteiger partial charge in [-0.2, -0.15) is 0 Å². The summed E-state index contributed by atoms with van der Waals surface area (Å²) in [5.41, 5.74) is 0.472. The van der Waals surface area contributed by atoms with Crippen LogP contribution in [0.1, 0.15) is 73.0 Å². The zero-order valence-corrected chi connectivity index (χ0v) is 33.2. The maximum absolute atomic E-state index is 12.2. The maximum Gasteiger partial charge on any atom is 0.303 e. The van der Waals surface area contributed by atoms with Crippen LogP contribution in [0.2, 0.25) is 0 Å². The Balaban J connectivity index is 1.55. The molecule has 0 aliphatic carbocycles. The molecule has 0 spiro atoms. The van der Waals surface area contributed by atoms with E-state index in [1.165, 1.54) is 17.1 Å². The van der Waals surface area contributed by atoms with Crippen molar-refractivity contribution in [3.63, 3.8) is 0 Å². The van der Waals surface area contributed by atoms with Gasteiger partial charge >= 0.3 is 47.8 Å². The first-order valence-electron chi connectivity index (χ1n) is 17.8. The predicted molar refractivity (Wildman–Crippen MR) is 183 cm³/mol. The summed E-state index contributed by atoms with van der Waals surface area (Å²) in [6.07, 6.45) is -10.9. The number of rotatable bonds is 16. The second-order valence-corrected chi connectivity index (χ2v) is 13.1. The average molecular weight is 841 g/mol. The van der Waals surface area contributed by atoms with Crippen LogP contribution in [-0.2, 0) is 104 Å².